The highest BCUT2D eigenvalue weighted by molar-refractivity contribution is 6.34. The second-order valence-corrected chi connectivity index (χ2v) is 6.18. The first kappa shape index (κ1) is 14.6. The van der Waals surface area contributed by atoms with Crippen LogP contribution in [-0.4, -0.2) is 21.1 Å². The SMILES string of the molecule is O=C1Nc2ccccc2/C1=C\c1ccc2c(-c3cccnc3)n[nH]c2c1. The van der Waals surface area contributed by atoms with Crippen LogP contribution in [0.2, 0.25) is 0 Å². The van der Waals surface area contributed by atoms with Crippen LogP contribution in [0, 0.1) is 0 Å². The summed E-state index contributed by atoms with van der Waals surface area (Å²) in [6.07, 6.45) is 5.45. The second-order valence-electron chi connectivity index (χ2n) is 6.18. The zero-order valence-electron chi connectivity index (χ0n) is 13.7. The van der Waals surface area contributed by atoms with Crippen molar-refractivity contribution in [1.82, 2.24) is 15.2 Å². The maximum Gasteiger partial charge on any atom is 0.256 e. The van der Waals surface area contributed by atoms with Gasteiger partial charge >= 0.3 is 0 Å². The average Bonchev–Trinajstić information content (AvgIpc) is 3.23. The molecular weight excluding hydrogens is 324 g/mol. The zero-order valence-corrected chi connectivity index (χ0v) is 13.7. The number of nitrogens with zero attached hydrogens (tertiary/aromatic N) is 2. The van der Waals surface area contributed by atoms with Crippen LogP contribution in [-0.2, 0) is 4.79 Å². The lowest BCUT2D eigenvalue weighted by Crippen LogP contribution is -2.03. The normalized spacial score (nSPS) is 14.6. The minimum Gasteiger partial charge on any atom is -0.321 e. The molecule has 0 unspecified atom stereocenters. The number of rotatable bonds is 2. The highest BCUT2D eigenvalue weighted by Crippen LogP contribution is 2.33. The fourth-order valence-electron chi connectivity index (χ4n) is 3.30. The van der Waals surface area contributed by atoms with Crippen molar-refractivity contribution in [3.63, 3.8) is 0 Å². The number of pyridine rings is 1. The molecule has 5 nitrogen and oxygen atoms in total. The quantitative estimate of drug-likeness (QED) is 0.540. The number of carbonyl (C=O) groups excluding carboxylic acids is 1. The van der Waals surface area contributed by atoms with Crippen LogP contribution >= 0.6 is 0 Å². The molecule has 2 aromatic carbocycles. The number of para-hydroxylation sites is 1. The van der Waals surface area contributed by atoms with Gasteiger partial charge in [-0.1, -0.05) is 24.3 Å². The lowest BCUT2D eigenvalue weighted by molar-refractivity contribution is -0.110. The van der Waals surface area contributed by atoms with E-state index in [1.807, 2.05) is 60.7 Å². The maximum absolute atomic E-state index is 12.3. The van der Waals surface area contributed by atoms with E-state index in [1.165, 1.54) is 0 Å². The van der Waals surface area contributed by atoms with Gasteiger partial charge in [-0.25, -0.2) is 0 Å². The number of amides is 1. The van der Waals surface area contributed by atoms with Crippen molar-refractivity contribution in [3.05, 3.63) is 78.1 Å². The van der Waals surface area contributed by atoms with Crippen molar-refractivity contribution >= 4 is 34.1 Å². The van der Waals surface area contributed by atoms with E-state index in [-0.39, 0.29) is 5.91 Å². The standard InChI is InChI=1S/C21H14N4O/c26-21-17(15-5-1-2-6-18(15)23-21)10-13-7-8-16-19(11-13)24-25-20(16)14-4-3-9-22-12-14/h1-12H,(H,23,26)(H,24,25)/b17-10+. The Balaban J connectivity index is 1.59. The van der Waals surface area contributed by atoms with E-state index in [9.17, 15) is 4.79 Å². The smallest absolute Gasteiger partial charge is 0.256 e. The van der Waals surface area contributed by atoms with Crippen molar-refractivity contribution in [2.45, 2.75) is 0 Å². The summed E-state index contributed by atoms with van der Waals surface area (Å²) in [7, 11) is 0. The molecule has 0 fully saturated rings. The number of aromatic amines is 1. The van der Waals surface area contributed by atoms with Gasteiger partial charge in [-0.2, -0.15) is 5.10 Å². The minimum absolute atomic E-state index is 0.0769. The number of carbonyl (C=O) groups is 1. The molecule has 1 amide bonds. The topological polar surface area (TPSA) is 70.7 Å². The van der Waals surface area contributed by atoms with E-state index >= 15 is 0 Å². The highest BCUT2D eigenvalue weighted by atomic mass is 16.2. The van der Waals surface area contributed by atoms with Crippen molar-refractivity contribution in [1.29, 1.82) is 0 Å². The third-order valence-corrected chi connectivity index (χ3v) is 4.54. The van der Waals surface area contributed by atoms with E-state index in [0.29, 0.717) is 5.57 Å². The number of fused-ring (bicyclic) bond motifs is 2. The third-order valence-electron chi connectivity index (χ3n) is 4.54. The lowest BCUT2D eigenvalue weighted by Gasteiger charge is -2.00. The molecule has 0 aliphatic carbocycles. The molecule has 0 saturated carbocycles. The monoisotopic (exact) mass is 338 g/mol. The molecular formula is C21H14N4O. The summed E-state index contributed by atoms with van der Waals surface area (Å²) in [4.78, 5) is 16.4. The van der Waals surface area contributed by atoms with Crippen LogP contribution in [0.4, 0.5) is 5.69 Å². The van der Waals surface area contributed by atoms with Gasteiger partial charge in [0.2, 0.25) is 0 Å². The van der Waals surface area contributed by atoms with Crippen molar-refractivity contribution in [2.75, 3.05) is 5.32 Å². The van der Waals surface area contributed by atoms with Crippen LogP contribution in [0.25, 0.3) is 33.8 Å². The van der Waals surface area contributed by atoms with E-state index in [2.05, 4.69) is 20.5 Å². The van der Waals surface area contributed by atoms with Gasteiger partial charge in [-0.3, -0.25) is 14.9 Å². The van der Waals surface area contributed by atoms with Gasteiger partial charge in [-0.05, 0) is 42.0 Å². The summed E-state index contributed by atoms with van der Waals surface area (Å²) in [5, 5.41) is 11.4. The van der Waals surface area contributed by atoms with Crippen LogP contribution in [0.1, 0.15) is 11.1 Å². The van der Waals surface area contributed by atoms with Gasteiger partial charge in [0.15, 0.2) is 0 Å². The average molecular weight is 338 g/mol. The summed E-state index contributed by atoms with van der Waals surface area (Å²) in [6.45, 7) is 0. The summed E-state index contributed by atoms with van der Waals surface area (Å²) in [5.41, 5.74) is 6.16. The highest BCUT2D eigenvalue weighted by Gasteiger charge is 2.23. The Bertz CT molecular complexity index is 1180. The molecule has 4 aromatic rings. The molecule has 5 rings (SSSR count). The predicted octanol–water partition coefficient (Wildman–Crippen LogP) is 4.12. The zero-order chi connectivity index (χ0) is 17.5. The van der Waals surface area contributed by atoms with Gasteiger partial charge in [-0.15, -0.1) is 0 Å². The molecule has 0 radical (unpaired) electrons. The first-order valence-electron chi connectivity index (χ1n) is 8.30. The fourth-order valence-corrected chi connectivity index (χ4v) is 3.30. The van der Waals surface area contributed by atoms with Gasteiger partial charge in [0.1, 0.15) is 5.69 Å². The number of nitrogens with one attached hydrogen (secondary N) is 2. The molecule has 2 N–H and O–H groups in total. The number of aromatic nitrogens is 3. The number of benzene rings is 2. The van der Waals surface area contributed by atoms with E-state index in [1.54, 1.807) is 12.4 Å². The van der Waals surface area contributed by atoms with E-state index < -0.39 is 0 Å². The molecule has 3 heterocycles. The molecule has 0 bridgehead atoms. The predicted molar refractivity (Wildman–Crippen MR) is 102 cm³/mol. The van der Waals surface area contributed by atoms with Gasteiger partial charge in [0.25, 0.3) is 5.91 Å². The summed E-state index contributed by atoms with van der Waals surface area (Å²) in [6, 6.07) is 17.6. The van der Waals surface area contributed by atoms with Crippen LogP contribution < -0.4 is 5.32 Å². The van der Waals surface area contributed by atoms with Crippen molar-refractivity contribution in [2.24, 2.45) is 0 Å². The first-order chi connectivity index (χ1) is 12.8. The summed E-state index contributed by atoms with van der Waals surface area (Å²) in [5.74, 6) is -0.0769. The Hall–Kier alpha value is -3.73. The van der Waals surface area contributed by atoms with E-state index in [0.717, 1.165) is 39.0 Å². The Morgan fingerprint density at radius 3 is 2.81 bits per heavy atom. The van der Waals surface area contributed by atoms with Gasteiger partial charge < -0.3 is 5.32 Å². The molecule has 0 saturated heterocycles. The van der Waals surface area contributed by atoms with Crippen molar-refractivity contribution in [3.8, 4) is 11.3 Å². The Morgan fingerprint density at radius 2 is 1.92 bits per heavy atom. The Morgan fingerprint density at radius 1 is 1.00 bits per heavy atom. The number of H-pyrrole nitrogens is 1. The molecule has 0 atom stereocenters. The van der Waals surface area contributed by atoms with E-state index in [4.69, 9.17) is 0 Å². The van der Waals surface area contributed by atoms with Crippen LogP contribution in [0.3, 0.4) is 0 Å². The molecule has 2 aromatic heterocycles. The molecule has 1 aliphatic rings. The lowest BCUT2D eigenvalue weighted by atomic mass is 10.0. The third kappa shape index (κ3) is 2.29. The fraction of sp³-hybridized carbons (Fsp3) is 0. The largest absolute Gasteiger partial charge is 0.321 e. The van der Waals surface area contributed by atoms with Crippen LogP contribution in [0.5, 0.6) is 0 Å². The number of hydrogen-bond donors (Lipinski definition) is 2. The molecule has 0 spiro atoms. The molecule has 26 heavy (non-hydrogen) atoms. The van der Waals surface area contributed by atoms with Gasteiger partial charge in [0, 0.05) is 40.2 Å². The second kappa shape index (κ2) is 5.67. The van der Waals surface area contributed by atoms with Crippen LogP contribution in [0.15, 0.2) is 67.0 Å². The molecule has 5 heteroatoms. The summed E-state index contributed by atoms with van der Waals surface area (Å²) < 4.78 is 0. The number of hydrogen-bond acceptors (Lipinski definition) is 3. The number of anilines is 1. The maximum atomic E-state index is 12.3. The first-order valence-corrected chi connectivity index (χ1v) is 8.30. The summed E-state index contributed by atoms with van der Waals surface area (Å²) >= 11 is 0. The van der Waals surface area contributed by atoms with Crippen molar-refractivity contribution < 1.29 is 4.79 Å². The Kier molecular flexibility index (Phi) is 3.18. The van der Waals surface area contributed by atoms with Gasteiger partial charge in [0.05, 0.1) is 5.52 Å². The molecule has 124 valence electrons. The Labute approximate surface area is 149 Å². The molecule has 1 aliphatic heterocycles. The minimum atomic E-state index is -0.0769.